The minimum atomic E-state index is 0.386. The SMILES string of the molecule is CC(C)C1CN(C2CCCC2)C(C(C)(C)C)CN1. The van der Waals surface area contributed by atoms with Gasteiger partial charge in [0.15, 0.2) is 0 Å². The van der Waals surface area contributed by atoms with Crippen LogP contribution in [-0.4, -0.2) is 36.1 Å². The van der Waals surface area contributed by atoms with Crippen molar-refractivity contribution in [3.05, 3.63) is 0 Å². The first-order valence-electron chi connectivity index (χ1n) is 7.88. The van der Waals surface area contributed by atoms with Crippen LogP contribution in [0.3, 0.4) is 0 Å². The molecule has 0 aromatic rings. The average molecular weight is 252 g/mol. The molecule has 0 radical (unpaired) electrons. The summed E-state index contributed by atoms with van der Waals surface area (Å²) in [6, 6.07) is 2.25. The van der Waals surface area contributed by atoms with Crippen molar-refractivity contribution in [2.24, 2.45) is 11.3 Å². The fraction of sp³-hybridized carbons (Fsp3) is 1.00. The van der Waals surface area contributed by atoms with E-state index in [-0.39, 0.29) is 0 Å². The van der Waals surface area contributed by atoms with Crippen LogP contribution in [0.1, 0.15) is 60.3 Å². The molecule has 18 heavy (non-hydrogen) atoms. The maximum atomic E-state index is 3.79. The van der Waals surface area contributed by atoms with Gasteiger partial charge < -0.3 is 5.32 Å². The highest BCUT2D eigenvalue weighted by atomic mass is 15.3. The number of rotatable bonds is 2. The molecule has 2 atom stereocenters. The van der Waals surface area contributed by atoms with Gasteiger partial charge in [-0.3, -0.25) is 4.90 Å². The molecule has 2 unspecified atom stereocenters. The minimum Gasteiger partial charge on any atom is -0.311 e. The molecule has 0 spiro atoms. The molecule has 2 rings (SSSR count). The Morgan fingerprint density at radius 2 is 1.72 bits per heavy atom. The van der Waals surface area contributed by atoms with Gasteiger partial charge >= 0.3 is 0 Å². The summed E-state index contributed by atoms with van der Waals surface area (Å²) in [5.74, 6) is 0.745. The van der Waals surface area contributed by atoms with E-state index >= 15 is 0 Å². The molecule has 2 aliphatic rings. The van der Waals surface area contributed by atoms with E-state index in [1.54, 1.807) is 0 Å². The highest BCUT2D eigenvalue weighted by Gasteiger charge is 2.39. The lowest BCUT2D eigenvalue weighted by Gasteiger charge is -2.50. The van der Waals surface area contributed by atoms with Crippen molar-refractivity contribution in [1.29, 1.82) is 0 Å². The van der Waals surface area contributed by atoms with Gasteiger partial charge in [0.2, 0.25) is 0 Å². The van der Waals surface area contributed by atoms with Crippen LogP contribution in [0.2, 0.25) is 0 Å². The molecule has 0 aromatic heterocycles. The second-order valence-corrected chi connectivity index (χ2v) is 7.78. The molecule has 1 aliphatic heterocycles. The van der Waals surface area contributed by atoms with Crippen molar-refractivity contribution >= 4 is 0 Å². The zero-order valence-electron chi connectivity index (χ0n) is 13.0. The van der Waals surface area contributed by atoms with Crippen molar-refractivity contribution in [1.82, 2.24) is 10.2 Å². The lowest BCUT2D eigenvalue weighted by Crippen LogP contribution is -2.63. The van der Waals surface area contributed by atoms with Crippen LogP contribution in [-0.2, 0) is 0 Å². The molecule has 0 aromatic carbocycles. The van der Waals surface area contributed by atoms with Crippen molar-refractivity contribution in [3.63, 3.8) is 0 Å². The summed E-state index contributed by atoms with van der Waals surface area (Å²) in [6.45, 7) is 14.3. The van der Waals surface area contributed by atoms with E-state index in [1.807, 2.05) is 0 Å². The third-order valence-corrected chi connectivity index (χ3v) is 4.98. The zero-order valence-corrected chi connectivity index (χ0v) is 13.0. The quantitative estimate of drug-likeness (QED) is 0.811. The average Bonchev–Trinajstić information content (AvgIpc) is 2.80. The molecule has 2 heteroatoms. The number of hydrogen-bond acceptors (Lipinski definition) is 2. The van der Waals surface area contributed by atoms with E-state index in [0.29, 0.717) is 17.5 Å². The lowest BCUT2D eigenvalue weighted by atomic mass is 9.82. The standard InChI is InChI=1S/C16H32N2/c1-12(2)14-11-18(13-8-6-7-9-13)15(10-17-14)16(3,4)5/h12-15,17H,6-11H2,1-5H3. The van der Waals surface area contributed by atoms with Gasteiger partial charge in [0.1, 0.15) is 0 Å². The third-order valence-electron chi connectivity index (χ3n) is 4.98. The van der Waals surface area contributed by atoms with E-state index in [2.05, 4.69) is 44.8 Å². The van der Waals surface area contributed by atoms with E-state index in [0.717, 1.165) is 12.0 Å². The van der Waals surface area contributed by atoms with Gasteiger partial charge in [0, 0.05) is 31.2 Å². The summed E-state index contributed by atoms with van der Waals surface area (Å²) in [6.07, 6.45) is 5.74. The Morgan fingerprint density at radius 3 is 2.22 bits per heavy atom. The highest BCUT2D eigenvalue weighted by Crippen LogP contribution is 2.34. The first-order valence-corrected chi connectivity index (χ1v) is 7.88. The summed E-state index contributed by atoms with van der Waals surface area (Å²) in [7, 11) is 0. The molecule has 1 heterocycles. The van der Waals surface area contributed by atoms with Crippen LogP contribution in [0, 0.1) is 11.3 Å². The predicted octanol–water partition coefficient (Wildman–Crippen LogP) is 3.27. The maximum Gasteiger partial charge on any atom is 0.0272 e. The van der Waals surface area contributed by atoms with Crippen LogP contribution < -0.4 is 5.32 Å². The summed E-state index contributed by atoms with van der Waals surface area (Å²) >= 11 is 0. The Kier molecular flexibility index (Phi) is 4.38. The van der Waals surface area contributed by atoms with Gasteiger partial charge in [-0.25, -0.2) is 0 Å². The predicted molar refractivity (Wildman–Crippen MR) is 78.8 cm³/mol. The summed E-state index contributed by atoms with van der Waals surface area (Å²) in [4.78, 5) is 2.86. The normalized spacial score (nSPS) is 32.3. The van der Waals surface area contributed by atoms with E-state index in [4.69, 9.17) is 0 Å². The molecule has 106 valence electrons. The molecule has 0 bridgehead atoms. The summed E-state index contributed by atoms with van der Waals surface area (Å²) in [5.41, 5.74) is 0.386. The molecule has 1 saturated carbocycles. The van der Waals surface area contributed by atoms with E-state index < -0.39 is 0 Å². The monoisotopic (exact) mass is 252 g/mol. The van der Waals surface area contributed by atoms with Gasteiger partial charge in [-0.15, -0.1) is 0 Å². The number of piperazine rings is 1. The summed E-state index contributed by atoms with van der Waals surface area (Å²) in [5, 5.41) is 3.79. The van der Waals surface area contributed by atoms with Crippen LogP contribution in [0.15, 0.2) is 0 Å². The molecular formula is C16H32N2. The Bertz CT molecular complexity index is 261. The number of nitrogens with zero attached hydrogens (tertiary/aromatic N) is 1. The molecule has 2 nitrogen and oxygen atoms in total. The second kappa shape index (κ2) is 5.50. The lowest BCUT2D eigenvalue weighted by molar-refractivity contribution is 0.0144. The zero-order chi connectivity index (χ0) is 13.3. The molecule has 1 aliphatic carbocycles. The fourth-order valence-corrected chi connectivity index (χ4v) is 3.69. The van der Waals surface area contributed by atoms with Gasteiger partial charge in [-0.1, -0.05) is 47.5 Å². The van der Waals surface area contributed by atoms with Crippen molar-refractivity contribution in [3.8, 4) is 0 Å². The van der Waals surface area contributed by atoms with Crippen LogP contribution in [0.4, 0.5) is 0 Å². The second-order valence-electron chi connectivity index (χ2n) is 7.78. The Morgan fingerprint density at radius 1 is 1.11 bits per heavy atom. The molecule has 0 amide bonds. The van der Waals surface area contributed by atoms with E-state index in [9.17, 15) is 0 Å². The van der Waals surface area contributed by atoms with Gasteiger partial charge in [-0.2, -0.15) is 0 Å². The molecular weight excluding hydrogens is 220 g/mol. The summed E-state index contributed by atoms with van der Waals surface area (Å²) < 4.78 is 0. The number of nitrogens with one attached hydrogen (secondary N) is 1. The van der Waals surface area contributed by atoms with Crippen LogP contribution >= 0.6 is 0 Å². The Labute approximate surface area is 114 Å². The smallest absolute Gasteiger partial charge is 0.0272 e. The van der Waals surface area contributed by atoms with Crippen molar-refractivity contribution in [2.75, 3.05) is 13.1 Å². The first-order chi connectivity index (χ1) is 8.39. The maximum absolute atomic E-state index is 3.79. The van der Waals surface area contributed by atoms with Crippen LogP contribution in [0.5, 0.6) is 0 Å². The van der Waals surface area contributed by atoms with Gasteiger partial charge in [0.05, 0.1) is 0 Å². The van der Waals surface area contributed by atoms with Gasteiger partial charge in [0.25, 0.3) is 0 Å². The van der Waals surface area contributed by atoms with E-state index in [1.165, 1.54) is 38.8 Å². The molecule has 1 saturated heterocycles. The Hall–Kier alpha value is -0.0800. The molecule has 1 N–H and O–H groups in total. The largest absolute Gasteiger partial charge is 0.311 e. The fourth-order valence-electron chi connectivity index (χ4n) is 3.69. The van der Waals surface area contributed by atoms with Crippen molar-refractivity contribution in [2.45, 2.75) is 78.4 Å². The third kappa shape index (κ3) is 3.08. The molecule has 2 fully saturated rings. The minimum absolute atomic E-state index is 0.386. The Balaban J connectivity index is 2.10. The van der Waals surface area contributed by atoms with Crippen LogP contribution in [0.25, 0.3) is 0 Å². The first kappa shape index (κ1) is 14.3. The topological polar surface area (TPSA) is 15.3 Å². The highest BCUT2D eigenvalue weighted by molar-refractivity contribution is 4.96. The van der Waals surface area contributed by atoms with Gasteiger partial charge in [-0.05, 0) is 24.2 Å². The van der Waals surface area contributed by atoms with Crippen molar-refractivity contribution < 1.29 is 0 Å². The number of hydrogen-bond donors (Lipinski definition) is 1.